The second-order valence-corrected chi connectivity index (χ2v) is 5.94. The van der Waals surface area contributed by atoms with Crippen molar-refractivity contribution in [3.63, 3.8) is 0 Å². The lowest BCUT2D eigenvalue weighted by molar-refractivity contribution is -0.128. The molecule has 1 aromatic rings. The molecule has 0 bridgehead atoms. The van der Waals surface area contributed by atoms with Crippen LogP contribution in [0.4, 0.5) is 11.4 Å². The molecular weight excluding hydrogens is 224 g/mol. The topological polar surface area (TPSA) is 46.3 Å². The van der Waals surface area contributed by atoms with Gasteiger partial charge in [0.15, 0.2) is 0 Å². The molecule has 1 aliphatic rings. The number of benzene rings is 1. The van der Waals surface area contributed by atoms with Gasteiger partial charge in [0.05, 0.1) is 0 Å². The zero-order chi connectivity index (χ0) is 13.5. The monoisotopic (exact) mass is 246 g/mol. The first-order valence-corrected chi connectivity index (χ1v) is 6.51. The molecule has 0 radical (unpaired) electrons. The molecule has 1 fully saturated rings. The first kappa shape index (κ1) is 12.9. The van der Waals surface area contributed by atoms with Crippen molar-refractivity contribution < 1.29 is 4.79 Å². The van der Waals surface area contributed by atoms with Crippen LogP contribution in [0, 0.1) is 19.3 Å². The summed E-state index contributed by atoms with van der Waals surface area (Å²) in [4.78, 5) is 14.4. The van der Waals surface area contributed by atoms with Crippen LogP contribution in [0.2, 0.25) is 0 Å². The van der Waals surface area contributed by atoms with Gasteiger partial charge >= 0.3 is 0 Å². The maximum absolute atomic E-state index is 12.5. The molecule has 3 heteroatoms. The summed E-state index contributed by atoms with van der Waals surface area (Å²) < 4.78 is 0. The number of nitrogens with two attached hydrogens (primary N) is 1. The van der Waals surface area contributed by atoms with E-state index in [0.29, 0.717) is 0 Å². The molecule has 1 aliphatic heterocycles. The Morgan fingerprint density at radius 1 is 1.22 bits per heavy atom. The maximum Gasteiger partial charge on any atom is 0.232 e. The fourth-order valence-electron chi connectivity index (χ4n) is 2.63. The lowest BCUT2D eigenvalue weighted by Crippen LogP contribution is -2.46. The molecule has 98 valence electrons. The molecule has 0 saturated carbocycles. The lowest BCUT2D eigenvalue weighted by atomic mass is 9.82. The molecule has 1 heterocycles. The number of nitrogen functional groups attached to an aromatic ring is 1. The number of hydrogen-bond donors (Lipinski definition) is 1. The minimum Gasteiger partial charge on any atom is -0.398 e. The van der Waals surface area contributed by atoms with E-state index in [2.05, 4.69) is 6.07 Å². The van der Waals surface area contributed by atoms with Crippen molar-refractivity contribution in [2.75, 3.05) is 17.2 Å². The number of aryl methyl sites for hydroxylation is 2. The van der Waals surface area contributed by atoms with Crippen LogP contribution >= 0.6 is 0 Å². The normalized spacial score (nSPS) is 19.1. The molecule has 1 aromatic carbocycles. The highest BCUT2D eigenvalue weighted by Gasteiger charge is 2.36. The summed E-state index contributed by atoms with van der Waals surface area (Å²) in [6.45, 7) is 8.87. The van der Waals surface area contributed by atoms with Crippen molar-refractivity contribution >= 4 is 17.3 Å². The van der Waals surface area contributed by atoms with Crippen molar-refractivity contribution in [2.45, 2.75) is 40.5 Å². The van der Waals surface area contributed by atoms with Crippen molar-refractivity contribution in [1.29, 1.82) is 0 Å². The predicted octanol–water partition coefficient (Wildman–Crippen LogP) is 3.04. The smallest absolute Gasteiger partial charge is 0.232 e. The second kappa shape index (κ2) is 4.30. The third-order valence-corrected chi connectivity index (χ3v) is 3.88. The fourth-order valence-corrected chi connectivity index (χ4v) is 2.63. The van der Waals surface area contributed by atoms with E-state index >= 15 is 0 Å². The summed E-state index contributed by atoms with van der Waals surface area (Å²) in [5, 5.41) is 0. The summed E-state index contributed by atoms with van der Waals surface area (Å²) in [5.41, 5.74) is 9.62. The van der Waals surface area contributed by atoms with Gasteiger partial charge in [-0.25, -0.2) is 0 Å². The van der Waals surface area contributed by atoms with Gasteiger partial charge in [-0.1, -0.05) is 19.9 Å². The van der Waals surface area contributed by atoms with Gasteiger partial charge in [0.25, 0.3) is 0 Å². The third kappa shape index (κ3) is 2.09. The number of carbonyl (C=O) groups excluding carboxylic acids is 1. The van der Waals surface area contributed by atoms with Crippen molar-refractivity contribution in [3.05, 3.63) is 23.3 Å². The predicted molar refractivity (Wildman–Crippen MR) is 75.7 cm³/mol. The molecule has 2 rings (SSSR count). The van der Waals surface area contributed by atoms with Gasteiger partial charge in [-0.05, 0) is 43.9 Å². The summed E-state index contributed by atoms with van der Waals surface area (Å²) in [6, 6.07) is 3.99. The number of hydrogen-bond acceptors (Lipinski definition) is 2. The highest BCUT2D eigenvalue weighted by molar-refractivity contribution is 5.99. The van der Waals surface area contributed by atoms with E-state index in [1.54, 1.807) is 0 Å². The highest BCUT2D eigenvalue weighted by Crippen LogP contribution is 2.35. The van der Waals surface area contributed by atoms with E-state index in [9.17, 15) is 4.79 Å². The van der Waals surface area contributed by atoms with Crippen LogP contribution in [0.3, 0.4) is 0 Å². The Morgan fingerprint density at radius 3 is 2.56 bits per heavy atom. The summed E-state index contributed by atoms with van der Waals surface area (Å²) in [7, 11) is 0. The molecule has 1 saturated heterocycles. The van der Waals surface area contributed by atoms with Crippen LogP contribution in [0.25, 0.3) is 0 Å². The SMILES string of the molecule is Cc1cc(C)c(N2CCCC(C)(C)C2=O)cc1N. The minimum atomic E-state index is -0.260. The first-order valence-electron chi connectivity index (χ1n) is 6.51. The number of carbonyl (C=O) groups is 1. The Morgan fingerprint density at radius 2 is 1.89 bits per heavy atom. The number of amides is 1. The molecule has 0 atom stereocenters. The number of anilines is 2. The van der Waals surface area contributed by atoms with Gasteiger partial charge in [-0.3, -0.25) is 4.79 Å². The van der Waals surface area contributed by atoms with E-state index in [4.69, 9.17) is 5.73 Å². The Balaban J connectivity index is 2.43. The Labute approximate surface area is 109 Å². The average Bonchev–Trinajstić information content (AvgIpc) is 2.28. The Bertz CT molecular complexity index is 492. The molecule has 0 spiro atoms. The fraction of sp³-hybridized carbons (Fsp3) is 0.533. The third-order valence-electron chi connectivity index (χ3n) is 3.88. The molecule has 0 aliphatic carbocycles. The van der Waals surface area contributed by atoms with Crippen LogP contribution < -0.4 is 10.6 Å². The zero-order valence-electron chi connectivity index (χ0n) is 11.7. The number of piperidine rings is 1. The maximum atomic E-state index is 12.5. The molecular formula is C15H22N2O. The molecule has 0 aromatic heterocycles. The van der Waals surface area contributed by atoms with Gasteiger partial charge in [0.2, 0.25) is 5.91 Å². The van der Waals surface area contributed by atoms with Crippen molar-refractivity contribution in [2.24, 2.45) is 5.41 Å². The standard InChI is InChI=1S/C15H22N2O/c1-10-8-11(2)13(9-12(10)16)17-7-5-6-15(3,4)14(17)18/h8-9H,5-7,16H2,1-4H3. The van der Waals surface area contributed by atoms with Gasteiger partial charge < -0.3 is 10.6 Å². The van der Waals surface area contributed by atoms with Crippen LogP contribution in [0.1, 0.15) is 37.8 Å². The quantitative estimate of drug-likeness (QED) is 0.774. The van der Waals surface area contributed by atoms with Crippen LogP contribution in [0.5, 0.6) is 0 Å². The minimum absolute atomic E-state index is 0.208. The zero-order valence-corrected chi connectivity index (χ0v) is 11.7. The average molecular weight is 246 g/mol. The van der Waals surface area contributed by atoms with Gasteiger partial charge in [0, 0.05) is 23.3 Å². The van der Waals surface area contributed by atoms with Gasteiger partial charge in [-0.15, -0.1) is 0 Å². The van der Waals surface area contributed by atoms with Gasteiger partial charge in [0.1, 0.15) is 0 Å². The summed E-state index contributed by atoms with van der Waals surface area (Å²) in [5.74, 6) is 0.208. The largest absolute Gasteiger partial charge is 0.398 e. The van der Waals surface area contributed by atoms with E-state index < -0.39 is 0 Å². The highest BCUT2D eigenvalue weighted by atomic mass is 16.2. The second-order valence-electron chi connectivity index (χ2n) is 5.94. The lowest BCUT2D eigenvalue weighted by Gasteiger charge is -2.38. The van der Waals surface area contributed by atoms with Crippen molar-refractivity contribution in [3.8, 4) is 0 Å². The van der Waals surface area contributed by atoms with Crippen LogP contribution in [-0.4, -0.2) is 12.5 Å². The first-order chi connectivity index (χ1) is 8.33. The van der Waals surface area contributed by atoms with Crippen LogP contribution in [0.15, 0.2) is 12.1 Å². The molecule has 3 nitrogen and oxygen atoms in total. The van der Waals surface area contributed by atoms with Crippen molar-refractivity contribution in [1.82, 2.24) is 0 Å². The summed E-state index contributed by atoms with van der Waals surface area (Å²) in [6.07, 6.45) is 2.01. The molecule has 2 N–H and O–H groups in total. The van der Waals surface area contributed by atoms with Crippen LogP contribution in [-0.2, 0) is 4.79 Å². The number of nitrogens with zero attached hydrogens (tertiary/aromatic N) is 1. The van der Waals surface area contributed by atoms with E-state index in [1.807, 2.05) is 38.7 Å². The van der Waals surface area contributed by atoms with E-state index in [1.165, 1.54) is 0 Å². The number of rotatable bonds is 1. The van der Waals surface area contributed by atoms with Gasteiger partial charge in [-0.2, -0.15) is 0 Å². The van der Waals surface area contributed by atoms with E-state index in [-0.39, 0.29) is 11.3 Å². The summed E-state index contributed by atoms with van der Waals surface area (Å²) >= 11 is 0. The Hall–Kier alpha value is -1.51. The molecule has 1 amide bonds. The Kier molecular flexibility index (Phi) is 3.09. The molecule has 18 heavy (non-hydrogen) atoms. The molecule has 0 unspecified atom stereocenters. The van der Waals surface area contributed by atoms with E-state index in [0.717, 1.165) is 41.9 Å².